The highest BCUT2D eigenvalue weighted by Crippen LogP contribution is 2.25. The summed E-state index contributed by atoms with van der Waals surface area (Å²) in [5.41, 5.74) is 4.27. The first-order valence-electron chi connectivity index (χ1n) is 7.06. The van der Waals surface area contributed by atoms with Crippen LogP contribution in [0.1, 0.15) is 34.5 Å². The number of rotatable bonds is 3. The maximum Gasteiger partial charge on any atom is 0.251 e. The van der Waals surface area contributed by atoms with Crippen molar-refractivity contribution in [2.75, 3.05) is 11.9 Å². The van der Waals surface area contributed by atoms with E-state index < -0.39 is 0 Å². The summed E-state index contributed by atoms with van der Waals surface area (Å²) >= 11 is 5.83. The highest BCUT2D eigenvalue weighted by molar-refractivity contribution is 6.30. The lowest BCUT2D eigenvalue weighted by Crippen LogP contribution is -2.26. The smallest absolute Gasteiger partial charge is 0.251 e. The number of hydrogen-bond acceptors (Lipinski definition) is 2. The predicted molar refractivity (Wildman–Crippen MR) is 86.0 cm³/mol. The van der Waals surface area contributed by atoms with Gasteiger partial charge >= 0.3 is 0 Å². The lowest BCUT2D eigenvalue weighted by atomic mass is 10.0. The van der Waals surface area contributed by atoms with Crippen LogP contribution in [-0.2, 0) is 6.42 Å². The molecule has 2 N–H and O–H groups in total. The van der Waals surface area contributed by atoms with Gasteiger partial charge in [-0.1, -0.05) is 23.7 Å². The van der Waals surface area contributed by atoms with Crippen LogP contribution in [0.5, 0.6) is 0 Å². The zero-order valence-electron chi connectivity index (χ0n) is 11.8. The van der Waals surface area contributed by atoms with Crippen LogP contribution in [0.4, 0.5) is 5.69 Å². The van der Waals surface area contributed by atoms with Crippen molar-refractivity contribution in [2.45, 2.75) is 19.4 Å². The minimum Gasteiger partial charge on any atom is -0.384 e. The van der Waals surface area contributed by atoms with Crippen molar-refractivity contribution >= 4 is 23.2 Å². The van der Waals surface area contributed by atoms with Crippen molar-refractivity contribution < 1.29 is 4.79 Å². The molecule has 108 valence electrons. The topological polar surface area (TPSA) is 41.1 Å². The molecule has 21 heavy (non-hydrogen) atoms. The molecule has 2 aromatic rings. The van der Waals surface area contributed by atoms with E-state index in [0.29, 0.717) is 10.6 Å². The van der Waals surface area contributed by atoms with Crippen LogP contribution < -0.4 is 10.6 Å². The summed E-state index contributed by atoms with van der Waals surface area (Å²) in [6.07, 6.45) is 1.04. The van der Waals surface area contributed by atoms with Gasteiger partial charge < -0.3 is 10.6 Å². The number of carbonyl (C=O) groups is 1. The first-order valence-corrected chi connectivity index (χ1v) is 7.44. The van der Waals surface area contributed by atoms with Gasteiger partial charge in [0.2, 0.25) is 0 Å². The van der Waals surface area contributed by atoms with Gasteiger partial charge in [0.15, 0.2) is 0 Å². The summed E-state index contributed by atoms with van der Waals surface area (Å²) < 4.78 is 0. The zero-order chi connectivity index (χ0) is 14.8. The van der Waals surface area contributed by atoms with Gasteiger partial charge in [-0.15, -0.1) is 0 Å². The normalized spacial score (nSPS) is 14.2. The van der Waals surface area contributed by atoms with Gasteiger partial charge in [0.25, 0.3) is 5.91 Å². The summed E-state index contributed by atoms with van der Waals surface area (Å²) in [6.45, 7) is 2.99. The highest BCUT2D eigenvalue weighted by Gasteiger charge is 2.15. The molecular formula is C17H17ClN2O. The Morgan fingerprint density at radius 1 is 1.24 bits per heavy atom. The molecule has 3 rings (SSSR count). The van der Waals surface area contributed by atoms with E-state index in [9.17, 15) is 4.79 Å². The molecular weight excluding hydrogens is 284 g/mol. The number of carbonyl (C=O) groups excluding carboxylic acids is 1. The summed E-state index contributed by atoms with van der Waals surface area (Å²) in [6, 6.07) is 13.2. The first kappa shape index (κ1) is 14.0. The van der Waals surface area contributed by atoms with Gasteiger partial charge in [-0.3, -0.25) is 4.79 Å². The third kappa shape index (κ3) is 3.03. The van der Waals surface area contributed by atoms with Gasteiger partial charge in [-0.2, -0.15) is 0 Å². The van der Waals surface area contributed by atoms with Gasteiger partial charge in [-0.05, 0) is 54.8 Å². The number of halogens is 1. The molecule has 3 nitrogen and oxygen atoms in total. The van der Waals surface area contributed by atoms with E-state index in [2.05, 4.69) is 28.8 Å². The molecule has 0 saturated carbocycles. The fourth-order valence-corrected chi connectivity index (χ4v) is 2.68. The largest absolute Gasteiger partial charge is 0.384 e. The third-order valence-electron chi connectivity index (χ3n) is 3.79. The maximum absolute atomic E-state index is 12.2. The van der Waals surface area contributed by atoms with Crippen molar-refractivity contribution in [2.24, 2.45) is 0 Å². The van der Waals surface area contributed by atoms with Gasteiger partial charge in [0, 0.05) is 22.8 Å². The molecule has 0 radical (unpaired) electrons. The quantitative estimate of drug-likeness (QED) is 0.905. The molecule has 1 aliphatic rings. The number of nitrogens with one attached hydrogen (secondary N) is 2. The Morgan fingerprint density at radius 3 is 2.76 bits per heavy atom. The Kier molecular flexibility index (Phi) is 3.84. The summed E-state index contributed by atoms with van der Waals surface area (Å²) in [5.74, 6) is -0.0854. The van der Waals surface area contributed by atoms with Crippen molar-refractivity contribution in [1.29, 1.82) is 0 Å². The number of hydrogen-bond donors (Lipinski definition) is 2. The monoisotopic (exact) mass is 300 g/mol. The fourth-order valence-electron chi connectivity index (χ4n) is 2.56. The van der Waals surface area contributed by atoms with Crippen LogP contribution in [0, 0.1) is 0 Å². The second kappa shape index (κ2) is 5.78. The molecule has 4 heteroatoms. The van der Waals surface area contributed by atoms with Gasteiger partial charge in [-0.25, -0.2) is 0 Å². The van der Waals surface area contributed by atoms with Gasteiger partial charge in [0.1, 0.15) is 0 Å². The van der Waals surface area contributed by atoms with Crippen LogP contribution in [0.15, 0.2) is 42.5 Å². The summed E-state index contributed by atoms with van der Waals surface area (Å²) in [5, 5.41) is 6.99. The zero-order valence-corrected chi connectivity index (χ0v) is 12.6. The minimum atomic E-state index is -0.0854. The third-order valence-corrected chi connectivity index (χ3v) is 4.05. The van der Waals surface area contributed by atoms with E-state index in [0.717, 1.165) is 18.5 Å². The minimum absolute atomic E-state index is 0.0286. The molecule has 1 amide bonds. The van der Waals surface area contributed by atoms with Crippen molar-refractivity contribution in [3.05, 3.63) is 64.2 Å². The SMILES string of the molecule is CC(NC(=O)c1ccc(Cl)cc1)c1ccc2c(c1)CCN2. The van der Waals surface area contributed by atoms with E-state index >= 15 is 0 Å². The molecule has 2 aromatic carbocycles. The number of fused-ring (bicyclic) bond motifs is 1. The van der Waals surface area contributed by atoms with Crippen molar-refractivity contribution in [3.8, 4) is 0 Å². The Hall–Kier alpha value is -2.00. The molecule has 1 atom stereocenters. The molecule has 0 aliphatic carbocycles. The van der Waals surface area contributed by atoms with Gasteiger partial charge in [0.05, 0.1) is 6.04 Å². The van der Waals surface area contributed by atoms with Crippen LogP contribution in [0.2, 0.25) is 5.02 Å². The maximum atomic E-state index is 12.2. The Balaban J connectivity index is 1.72. The molecule has 1 unspecified atom stereocenters. The van der Waals surface area contributed by atoms with E-state index in [1.807, 2.05) is 6.92 Å². The van der Waals surface area contributed by atoms with Crippen LogP contribution in [0.3, 0.4) is 0 Å². The molecule has 1 aliphatic heterocycles. The Bertz CT molecular complexity index is 667. The second-order valence-electron chi connectivity index (χ2n) is 5.30. The van der Waals surface area contributed by atoms with E-state index in [4.69, 9.17) is 11.6 Å². The summed E-state index contributed by atoms with van der Waals surface area (Å²) in [4.78, 5) is 12.2. The molecule has 0 saturated heterocycles. The van der Waals surface area contributed by atoms with E-state index in [-0.39, 0.29) is 11.9 Å². The van der Waals surface area contributed by atoms with Crippen LogP contribution in [-0.4, -0.2) is 12.5 Å². The average molecular weight is 301 g/mol. The number of amides is 1. The Morgan fingerprint density at radius 2 is 2.00 bits per heavy atom. The molecule has 0 spiro atoms. The standard InChI is InChI=1S/C17H17ClN2O/c1-11(13-4-7-16-14(10-13)8-9-19-16)20-17(21)12-2-5-15(18)6-3-12/h2-7,10-11,19H,8-9H2,1H3,(H,20,21). The summed E-state index contributed by atoms with van der Waals surface area (Å²) in [7, 11) is 0. The predicted octanol–water partition coefficient (Wildman–Crippen LogP) is 3.80. The highest BCUT2D eigenvalue weighted by atomic mass is 35.5. The number of anilines is 1. The van der Waals surface area contributed by atoms with E-state index in [1.165, 1.54) is 11.3 Å². The van der Waals surface area contributed by atoms with Crippen LogP contribution >= 0.6 is 11.6 Å². The molecule has 0 fully saturated rings. The Labute approximate surface area is 129 Å². The van der Waals surface area contributed by atoms with Crippen molar-refractivity contribution in [1.82, 2.24) is 5.32 Å². The lowest BCUT2D eigenvalue weighted by Gasteiger charge is -2.15. The molecule has 1 heterocycles. The number of benzene rings is 2. The van der Waals surface area contributed by atoms with Crippen molar-refractivity contribution in [3.63, 3.8) is 0 Å². The molecule has 0 aromatic heterocycles. The van der Waals surface area contributed by atoms with E-state index in [1.54, 1.807) is 24.3 Å². The van der Waals surface area contributed by atoms with Crippen LogP contribution in [0.25, 0.3) is 0 Å². The first-order chi connectivity index (χ1) is 10.1. The molecule has 0 bridgehead atoms. The second-order valence-corrected chi connectivity index (χ2v) is 5.73. The lowest BCUT2D eigenvalue weighted by molar-refractivity contribution is 0.0940. The fraction of sp³-hybridized carbons (Fsp3) is 0.235. The average Bonchev–Trinajstić information content (AvgIpc) is 2.95.